The molecule has 90 valence electrons. The Bertz CT molecular complexity index is 446. The third-order valence-electron chi connectivity index (χ3n) is 2.04. The van der Waals surface area contributed by atoms with Crippen LogP contribution < -0.4 is 5.73 Å². The SMILES string of the molecule is NCCc1cccc(S(=O)(=O)CC(F)F)c1. The first-order chi connectivity index (χ1) is 7.45. The van der Waals surface area contributed by atoms with Crippen LogP contribution in [0.25, 0.3) is 0 Å². The second-order valence-corrected chi connectivity index (χ2v) is 5.39. The Balaban J connectivity index is 2.99. The van der Waals surface area contributed by atoms with Gasteiger partial charge >= 0.3 is 0 Å². The van der Waals surface area contributed by atoms with Crippen LogP contribution in [0.2, 0.25) is 0 Å². The minimum absolute atomic E-state index is 0.0706. The van der Waals surface area contributed by atoms with E-state index >= 15 is 0 Å². The summed E-state index contributed by atoms with van der Waals surface area (Å²) in [5.41, 5.74) is 6.07. The highest BCUT2D eigenvalue weighted by Crippen LogP contribution is 2.15. The van der Waals surface area contributed by atoms with Gasteiger partial charge in [0, 0.05) is 0 Å². The summed E-state index contributed by atoms with van der Waals surface area (Å²) in [6, 6.07) is 5.96. The van der Waals surface area contributed by atoms with E-state index in [9.17, 15) is 17.2 Å². The second-order valence-electron chi connectivity index (χ2n) is 3.36. The zero-order chi connectivity index (χ0) is 12.2. The lowest BCUT2D eigenvalue weighted by molar-refractivity contribution is 0.174. The molecule has 0 atom stereocenters. The zero-order valence-electron chi connectivity index (χ0n) is 8.57. The molecule has 1 rings (SSSR count). The minimum atomic E-state index is -3.89. The van der Waals surface area contributed by atoms with Gasteiger partial charge in [-0.2, -0.15) is 0 Å². The van der Waals surface area contributed by atoms with Crippen molar-refractivity contribution in [2.45, 2.75) is 17.7 Å². The van der Waals surface area contributed by atoms with Crippen LogP contribution in [0.15, 0.2) is 29.2 Å². The molecule has 0 amide bonds. The van der Waals surface area contributed by atoms with Crippen LogP contribution in [-0.4, -0.2) is 27.1 Å². The Labute approximate surface area is 93.2 Å². The van der Waals surface area contributed by atoms with Crippen LogP contribution in [0.3, 0.4) is 0 Å². The topological polar surface area (TPSA) is 60.2 Å². The van der Waals surface area contributed by atoms with Crippen molar-refractivity contribution in [1.29, 1.82) is 0 Å². The number of sulfone groups is 1. The number of alkyl halides is 2. The summed E-state index contributed by atoms with van der Waals surface area (Å²) in [6.07, 6.45) is -2.33. The standard InChI is InChI=1S/C10H13F2NO2S/c11-10(12)7-16(14,15)9-3-1-2-8(6-9)4-5-13/h1-3,6,10H,4-5,7,13H2. The number of hydrogen-bond acceptors (Lipinski definition) is 3. The minimum Gasteiger partial charge on any atom is -0.330 e. The smallest absolute Gasteiger partial charge is 0.252 e. The molecule has 0 unspecified atom stereocenters. The predicted molar refractivity (Wildman–Crippen MR) is 57.3 cm³/mol. The van der Waals surface area contributed by atoms with Crippen LogP contribution in [-0.2, 0) is 16.3 Å². The Morgan fingerprint density at radius 1 is 1.31 bits per heavy atom. The lowest BCUT2D eigenvalue weighted by Crippen LogP contribution is -2.14. The number of hydrogen-bond donors (Lipinski definition) is 1. The molecule has 0 aromatic heterocycles. The van der Waals surface area contributed by atoms with Gasteiger partial charge in [0.1, 0.15) is 5.75 Å². The molecule has 0 fully saturated rings. The molecule has 0 aliphatic carbocycles. The molecule has 0 aliphatic rings. The summed E-state index contributed by atoms with van der Waals surface area (Å²) in [6.45, 7) is 0.387. The van der Waals surface area contributed by atoms with Gasteiger partial charge in [-0.3, -0.25) is 0 Å². The maximum Gasteiger partial charge on any atom is 0.252 e. The van der Waals surface area contributed by atoms with Gasteiger partial charge in [-0.05, 0) is 30.7 Å². The first-order valence-electron chi connectivity index (χ1n) is 4.75. The highest BCUT2D eigenvalue weighted by Gasteiger charge is 2.20. The summed E-state index contributed by atoms with van der Waals surface area (Å²) in [4.78, 5) is -0.0706. The molecule has 0 aliphatic heterocycles. The summed E-state index contributed by atoms with van der Waals surface area (Å²) < 4.78 is 47.1. The van der Waals surface area contributed by atoms with Crippen LogP contribution in [0, 0.1) is 0 Å². The van der Waals surface area contributed by atoms with E-state index in [2.05, 4.69) is 0 Å². The summed E-state index contributed by atoms with van der Waals surface area (Å²) in [5.74, 6) is -1.14. The van der Waals surface area contributed by atoms with Crippen molar-refractivity contribution in [2.75, 3.05) is 12.3 Å². The first kappa shape index (κ1) is 13.1. The number of benzene rings is 1. The van der Waals surface area contributed by atoms with Gasteiger partial charge in [0.25, 0.3) is 6.43 Å². The molecule has 16 heavy (non-hydrogen) atoms. The average molecular weight is 249 g/mol. The first-order valence-corrected chi connectivity index (χ1v) is 6.41. The largest absolute Gasteiger partial charge is 0.330 e. The molecule has 0 heterocycles. The van der Waals surface area contributed by atoms with Crippen LogP contribution in [0.1, 0.15) is 5.56 Å². The normalized spacial score (nSPS) is 12.0. The number of rotatable bonds is 5. The van der Waals surface area contributed by atoms with Gasteiger partial charge < -0.3 is 5.73 Å². The van der Waals surface area contributed by atoms with E-state index in [1.54, 1.807) is 6.07 Å². The van der Waals surface area contributed by atoms with Crippen molar-refractivity contribution in [3.63, 3.8) is 0 Å². The van der Waals surface area contributed by atoms with Crippen LogP contribution in [0.5, 0.6) is 0 Å². The molecular formula is C10H13F2NO2S. The van der Waals surface area contributed by atoms with E-state index in [4.69, 9.17) is 5.73 Å². The van der Waals surface area contributed by atoms with Crippen LogP contribution >= 0.6 is 0 Å². The van der Waals surface area contributed by atoms with E-state index in [-0.39, 0.29) is 4.90 Å². The Morgan fingerprint density at radius 2 is 2.00 bits per heavy atom. The molecule has 0 saturated heterocycles. The van der Waals surface area contributed by atoms with Gasteiger partial charge in [0.15, 0.2) is 9.84 Å². The molecule has 1 aromatic carbocycles. The summed E-state index contributed by atoms with van der Waals surface area (Å²) in [7, 11) is -3.89. The maximum absolute atomic E-state index is 12.1. The van der Waals surface area contributed by atoms with Crippen LogP contribution in [0.4, 0.5) is 8.78 Å². The second kappa shape index (κ2) is 5.36. The van der Waals surface area contributed by atoms with Gasteiger partial charge in [-0.1, -0.05) is 12.1 Å². The summed E-state index contributed by atoms with van der Waals surface area (Å²) >= 11 is 0. The fraction of sp³-hybridized carbons (Fsp3) is 0.400. The molecule has 0 saturated carbocycles. The van der Waals surface area contributed by atoms with E-state index in [0.717, 1.165) is 5.56 Å². The highest BCUT2D eigenvalue weighted by atomic mass is 32.2. The fourth-order valence-corrected chi connectivity index (χ4v) is 2.46. The molecule has 1 aromatic rings. The molecule has 6 heteroatoms. The molecular weight excluding hydrogens is 236 g/mol. The van der Waals surface area contributed by atoms with Gasteiger partial charge in [-0.15, -0.1) is 0 Å². The lowest BCUT2D eigenvalue weighted by atomic mass is 10.2. The van der Waals surface area contributed by atoms with Crippen molar-refractivity contribution in [2.24, 2.45) is 5.73 Å². The predicted octanol–water partition coefficient (Wildman–Crippen LogP) is 1.23. The highest BCUT2D eigenvalue weighted by molar-refractivity contribution is 7.91. The third kappa shape index (κ3) is 3.53. The quantitative estimate of drug-likeness (QED) is 0.853. The van der Waals surface area contributed by atoms with Crippen molar-refractivity contribution in [3.8, 4) is 0 Å². The van der Waals surface area contributed by atoms with E-state index in [1.807, 2.05) is 0 Å². The molecule has 3 nitrogen and oxygen atoms in total. The third-order valence-corrected chi connectivity index (χ3v) is 3.70. The summed E-state index contributed by atoms with van der Waals surface area (Å²) in [5, 5.41) is 0. The maximum atomic E-state index is 12.1. The number of halogens is 2. The Morgan fingerprint density at radius 3 is 2.56 bits per heavy atom. The average Bonchev–Trinajstić information content (AvgIpc) is 2.16. The molecule has 0 bridgehead atoms. The number of nitrogens with two attached hydrogens (primary N) is 1. The molecule has 0 radical (unpaired) electrons. The Kier molecular flexibility index (Phi) is 4.37. The lowest BCUT2D eigenvalue weighted by Gasteiger charge is -2.05. The van der Waals surface area contributed by atoms with Crippen molar-refractivity contribution >= 4 is 9.84 Å². The molecule has 2 N–H and O–H groups in total. The van der Waals surface area contributed by atoms with Gasteiger partial charge in [0.2, 0.25) is 0 Å². The zero-order valence-corrected chi connectivity index (χ0v) is 9.38. The van der Waals surface area contributed by atoms with Crippen molar-refractivity contribution in [3.05, 3.63) is 29.8 Å². The monoisotopic (exact) mass is 249 g/mol. The van der Waals surface area contributed by atoms with Crippen molar-refractivity contribution in [1.82, 2.24) is 0 Å². The van der Waals surface area contributed by atoms with Crippen molar-refractivity contribution < 1.29 is 17.2 Å². The fourth-order valence-electron chi connectivity index (χ4n) is 1.32. The van der Waals surface area contributed by atoms with Gasteiger partial charge in [0.05, 0.1) is 4.90 Å². The van der Waals surface area contributed by atoms with E-state index in [0.29, 0.717) is 13.0 Å². The molecule has 0 spiro atoms. The van der Waals surface area contributed by atoms with E-state index < -0.39 is 22.0 Å². The van der Waals surface area contributed by atoms with E-state index in [1.165, 1.54) is 18.2 Å². The van der Waals surface area contributed by atoms with Gasteiger partial charge in [-0.25, -0.2) is 17.2 Å². The Hall–Kier alpha value is -1.01.